The number of anilines is 2. The molecular formula is C20H25FN4O4S. The highest BCUT2D eigenvalue weighted by Crippen LogP contribution is 2.42. The van der Waals surface area contributed by atoms with Crippen LogP contribution >= 0.6 is 12.2 Å². The second-order valence-electron chi connectivity index (χ2n) is 7.98. The summed E-state index contributed by atoms with van der Waals surface area (Å²) in [6, 6.07) is 3.38. The minimum absolute atomic E-state index is 0.236. The SMILES string of the molecule is O=C1O[C@@H](CNC(=S)N2CCOCC2)CN1c1cc(F)c2c(c1)OC[C@@H]1CCCN21. The molecular weight excluding hydrogens is 411 g/mol. The number of fused-ring (bicyclic) bond motifs is 3. The molecule has 2 atom stereocenters. The summed E-state index contributed by atoms with van der Waals surface area (Å²) in [6.07, 6.45) is 1.18. The molecule has 1 N–H and O–H groups in total. The number of rotatable bonds is 3. The van der Waals surface area contributed by atoms with Crippen LogP contribution in [-0.4, -0.2) is 80.8 Å². The minimum atomic E-state index is -0.492. The van der Waals surface area contributed by atoms with Crippen molar-refractivity contribution in [2.24, 2.45) is 0 Å². The zero-order chi connectivity index (χ0) is 20.7. The van der Waals surface area contributed by atoms with Gasteiger partial charge in [-0.2, -0.15) is 0 Å². The predicted octanol–water partition coefficient (Wildman–Crippen LogP) is 1.72. The van der Waals surface area contributed by atoms with Crippen LogP contribution in [0.15, 0.2) is 12.1 Å². The second-order valence-corrected chi connectivity index (χ2v) is 8.36. The van der Waals surface area contributed by atoms with Crippen molar-refractivity contribution in [3.63, 3.8) is 0 Å². The highest BCUT2D eigenvalue weighted by atomic mass is 32.1. The van der Waals surface area contributed by atoms with Gasteiger partial charge in [0.25, 0.3) is 0 Å². The molecule has 4 aliphatic heterocycles. The van der Waals surface area contributed by atoms with Crippen molar-refractivity contribution in [3.8, 4) is 5.75 Å². The summed E-state index contributed by atoms with van der Waals surface area (Å²) < 4.78 is 31.6. The van der Waals surface area contributed by atoms with E-state index in [9.17, 15) is 9.18 Å². The number of thiocarbonyl (C=S) groups is 1. The normalized spacial score (nSPS) is 25.5. The molecule has 3 saturated heterocycles. The fourth-order valence-electron chi connectivity index (χ4n) is 4.51. The number of morpholine rings is 1. The Kier molecular flexibility index (Phi) is 5.28. The van der Waals surface area contributed by atoms with Gasteiger partial charge in [-0.3, -0.25) is 4.90 Å². The molecule has 10 heteroatoms. The van der Waals surface area contributed by atoms with Crippen LogP contribution in [0.1, 0.15) is 12.8 Å². The third-order valence-corrected chi connectivity index (χ3v) is 6.48. The molecule has 4 heterocycles. The number of halogens is 1. The number of carbonyl (C=O) groups is 1. The maximum absolute atomic E-state index is 15.0. The molecule has 5 rings (SSSR count). The molecule has 0 spiro atoms. The average Bonchev–Trinajstić information content (AvgIpc) is 3.38. The Bertz CT molecular complexity index is 850. The lowest BCUT2D eigenvalue weighted by Crippen LogP contribution is -2.48. The molecule has 0 radical (unpaired) electrons. The van der Waals surface area contributed by atoms with Crippen LogP contribution in [0.3, 0.4) is 0 Å². The third-order valence-electron chi connectivity index (χ3n) is 6.07. The third kappa shape index (κ3) is 3.62. The van der Waals surface area contributed by atoms with Gasteiger partial charge in [-0.15, -0.1) is 0 Å². The molecule has 8 nitrogen and oxygen atoms in total. The van der Waals surface area contributed by atoms with Crippen LogP contribution in [0.2, 0.25) is 0 Å². The van der Waals surface area contributed by atoms with Gasteiger partial charge < -0.3 is 29.3 Å². The van der Waals surface area contributed by atoms with Crippen LogP contribution in [0.5, 0.6) is 5.75 Å². The summed E-state index contributed by atoms with van der Waals surface area (Å²) in [7, 11) is 0. The molecule has 162 valence electrons. The van der Waals surface area contributed by atoms with Crippen LogP contribution in [0.25, 0.3) is 0 Å². The van der Waals surface area contributed by atoms with E-state index >= 15 is 0 Å². The van der Waals surface area contributed by atoms with Crippen molar-refractivity contribution in [1.82, 2.24) is 10.2 Å². The maximum Gasteiger partial charge on any atom is 0.414 e. The summed E-state index contributed by atoms with van der Waals surface area (Å²) in [5, 5.41) is 3.79. The van der Waals surface area contributed by atoms with E-state index in [-0.39, 0.29) is 18.0 Å². The van der Waals surface area contributed by atoms with Gasteiger partial charge in [-0.05, 0) is 25.1 Å². The predicted molar refractivity (Wildman–Crippen MR) is 113 cm³/mol. The monoisotopic (exact) mass is 436 g/mol. The van der Waals surface area contributed by atoms with Gasteiger partial charge in [0, 0.05) is 31.8 Å². The zero-order valence-corrected chi connectivity index (χ0v) is 17.5. The topological polar surface area (TPSA) is 66.5 Å². The van der Waals surface area contributed by atoms with Crippen molar-refractivity contribution < 1.29 is 23.4 Å². The van der Waals surface area contributed by atoms with E-state index < -0.39 is 6.09 Å². The fraction of sp³-hybridized carbons (Fsp3) is 0.600. The van der Waals surface area contributed by atoms with Gasteiger partial charge in [0.05, 0.1) is 38.0 Å². The molecule has 1 aromatic rings. The minimum Gasteiger partial charge on any atom is -0.489 e. The number of amides is 1. The standard InChI is InChI=1S/C20H25FN4O4S/c21-16-8-14(9-17-18(16)24-3-1-2-13(24)12-28-17)25-11-15(29-20(25)26)10-22-19(30)23-4-6-27-7-5-23/h8-9,13,15H,1-7,10-12H2,(H,22,30)/t13-,15-/m0/s1. The van der Waals surface area contributed by atoms with E-state index in [4.69, 9.17) is 26.4 Å². The van der Waals surface area contributed by atoms with Crippen molar-refractivity contribution in [3.05, 3.63) is 17.9 Å². The van der Waals surface area contributed by atoms with Crippen molar-refractivity contribution in [1.29, 1.82) is 0 Å². The van der Waals surface area contributed by atoms with Crippen molar-refractivity contribution in [2.75, 3.05) is 62.3 Å². The Balaban J connectivity index is 1.25. The van der Waals surface area contributed by atoms with Crippen LogP contribution in [-0.2, 0) is 9.47 Å². The number of benzene rings is 1. The molecule has 3 fully saturated rings. The van der Waals surface area contributed by atoms with E-state index in [0.717, 1.165) is 32.5 Å². The van der Waals surface area contributed by atoms with Gasteiger partial charge >= 0.3 is 6.09 Å². The molecule has 0 aliphatic carbocycles. The van der Waals surface area contributed by atoms with E-state index in [2.05, 4.69) is 10.2 Å². The molecule has 0 saturated carbocycles. The van der Waals surface area contributed by atoms with Crippen LogP contribution < -0.4 is 19.9 Å². The molecule has 1 amide bonds. The van der Waals surface area contributed by atoms with Gasteiger partial charge in [0.1, 0.15) is 24.1 Å². The van der Waals surface area contributed by atoms with E-state index in [1.807, 2.05) is 4.90 Å². The Hall–Kier alpha value is -2.33. The van der Waals surface area contributed by atoms with E-state index in [0.29, 0.717) is 55.1 Å². The first kappa shape index (κ1) is 19.6. The fourth-order valence-corrected chi connectivity index (χ4v) is 4.78. The number of hydrogen-bond donors (Lipinski definition) is 1. The molecule has 0 unspecified atom stereocenters. The molecule has 4 aliphatic rings. The number of hydrogen-bond acceptors (Lipinski definition) is 6. The smallest absolute Gasteiger partial charge is 0.414 e. The second kappa shape index (κ2) is 8.07. The number of ether oxygens (including phenoxy) is 3. The Morgan fingerprint density at radius 3 is 2.93 bits per heavy atom. The highest BCUT2D eigenvalue weighted by Gasteiger charge is 2.37. The number of nitrogens with one attached hydrogen (secondary N) is 1. The van der Waals surface area contributed by atoms with Gasteiger partial charge in [-0.25, -0.2) is 9.18 Å². The van der Waals surface area contributed by atoms with E-state index in [1.165, 1.54) is 11.0 Å². The van der Waals surface area contributed by atoms with Crippen LogP contribution in [0.4, 0.5) is 20.6 Å². The largest absolute Gasteiger partial charge is 0.489 e. The number of carbonyl (C=O) groups excluding carboxylic acids is 1. The molecule has 1 aromatic carbocycles. The van der Waals surface area contributed by atoms with Crippen LogP contribution in [0, 0.1) is 5.82 Å². The van der Waals surface area contributed by atoms with Gasteiger partial charge in [0.2, 0.25) is 0 Å². The number of nitrogens with zero attached hydrogens (tertiary/aromatic N) is 3. The van der Waals surface area contributed by atoms with Crippen molar-refractivity contribution in [2.45, 2.75) is 25.0 Å². The van der Waals surface area contributed by atoms with Gasteiger partial charge in [-0.1, -0.05) is 0 Å². The molecule has 0 bridgehead atoms. The summed E-state index contributed by atoms with van der Waals surface area (Å²) in [5.41, 5.74) is 0.960. The number of cyclic esters (lactones) is 1. The van der Waals surface area contributed by atoms with Gasteiger partial charge in [0.15, 0.2) is 10.9 Å². The summed E-state index contributed by atoms with van der Waals surface area (Å²) in [5.74, 6) is 0.128. The first-order chi connectivity index (χ1) is 14.6. The molecule has 0 aromatic heterocycles. The maximum atomic E-state index is 15.0. The first-order valence-corrected chi connectivity index (χ1v) is 10.8. The highest BCUT2D eigenvalue weighted by molar-refractivity contribution is 7.80. The van der Waals surface area contributed by atoms with E-state index in [1.54, 1.807) is 6.07 Å². The Morgan fingerprint density at radius 1 is 1.27 bits per heavy atom. The summed E-state index contributed by atoms with van der Waals surface area (Å²) in [4.78, 5) is 18.0. The Labute approximate surface area is 179 Å². The van der Waals surface area contributed by atoms with Crippen molar-refractivity contribution >= 4 is 34.8 Å². The lowest BCUT2D eigenvalue weighted by Gasteiger charge is -2.34. The lowest BCUT2D eigenvalue weighted by molar-refractivity contribution is 0.0673. The average molecular weight is 437 g/mol. The molecule has 30 heavy (non-hydrogen) atoms. The summed E-state index contributed by atoms with van der Waals surface area (Å²) in [6.45, 7) is 4.89. The zero-order valence-electron chi connectivity index (χ0n) is 16.6. The Morgan fingerprint density at radius 2 is 2.10 bits per heavy atom. The first-order valence-electron chi connectivity index (χ1n) is 10.4. The summed E-state index contributed by atoms with van der Waals surface area (Å²) >= 11 is 5.42. The lowest BCUT2D eigenvalue weighted by atomic mass is 10.1. The quantitative estimate of drug-likeness (QED) is 0.719.